The number of piperidine rings is 1. The molecule has 3 nitrogen and oxygen atoms in total. The standard InChI is InChI=1S/C20H31NO2/c1-3-8-18(9-4-1)22-17-7-14-21-15-12-20(13-16-21)23-19-10-5-2-6-11-19/h1,3-4,8-9,19-20H,2,5-7,10-17H2. The van der Waals surface area contributed by atoms with E-state index >= 15 is 0 Å². The van der Waals surface area contributed by atoms with Crippen LogP contribution in [0, 0.1) is 0 Å². The molecule has 1 aliphatic carbocycles. The Labute approximate surface area is 141 Å². The van der Waals surface area contributed by atoms with Crippen molar-refractivity contribution < 1.29 is 9.47 Å². The largest absolute Gasteiger partial charge is 0.494 e. The second-order valence-corrected chi connectivity index (χ2v) is 6.95. The lowest BCUT2D eigenvalue weighted by atomic mass is 9.97. The molecule has 1 saturated carbocycles. The van der Waals surface area contributed by atoms with E-state index in [1.807, 2.05) is 30.3 Å². The van der Waals surface area contributed by atoms with Crippen LogP contribution in [0.25, 0.3) is 0 Å². The molecule has 3 rings (SSSR count). The van der Waals surface area contributed by atoms with Gasteiger partial charge in [-0.2, -0.15) is 0 Å². The van der Waals surface area contributed by atoms with E-state index in [2.05, 4.69) is 4.90 Å². The summed E-state index contributed by atoms with van der Waals surface area (Å²) in [6.45, 7) is 4.32. The Morgan fingerprint density at radius 1 is 0.870 bits per heavy atom. The normalized spacial score (nSPS) is 21.4. The lowest BCUT2D eigenvalue weighted by Crippen LogP contribution is -2.39. The van der Waals surface area contributed by atoms with Crippen LogP contribution in [0.15, 0.2) is 30.3 Å². The fourth-order valence-corrected chi connectivity index (χ4v) is 3.74. The molecule has 1 aromatic rings. The average molecular weight is 317 g/mol. The summed E-state index contributed by atoms with van der Waals surface area (Å²) in [6.07, 6.45) is 11.3. The molecule has 23 heavy (non-hydrogen) atoms. The monoisotopic (exact) mass is 317 g/mol. The Morgan fingerprint density at radius 2 is 1.57 bits per heavy atom. The molecule has 0 aromatic heterocycles. The van der Waals surface area contributed by atoms with Gasteiger partial charge in [0.25, 0.3) is 0 Å². The van der Waals surface area contributed by atoms with Gasteiger partial charge in [-0.1, -0.05) is 37.5 Å². The molecule has 2 fully saturated rings. The summed E-state index contributed by atoms with van der Waals surface area (Å²) in [6, 6.07) is 10.1. The summed E-state index contributed by atoms with van der Waals surface area (Å²) in [5, 5.41) is 0. The minimum atomic E-state index is 0.509. The maximum atomic E-state index is 6.31. The van der Waals surface area contributed by atoms with Gasteiger partial charge in [0.05, 0.1) is 18.8 Å². The molecular formula is C20H31NO2. The molecule has 0 bridgehead atoms. The molecule has 1 aliphatic heterocycles. The summed E-state index contributed by atoms with van der Waals surface area (Å²) >= 11 is 0. The number of para-hydroxylation sites is 1. The molecule has 0 amide bonds. The van der Waals surface area contributed by atoms with Crippen molar-refractivity contribution in [2.24, 2.45) is 0 Å². The first-order valence-corrected chi connectivity index (χ1v) is 9.46. The van der Waals surface area contributed by atoms with Crippen LogP contribution in [0.2, 0.25) is 0 Å². The van der Waals surface area contributed by atoms with Gasteiger partial charge in [-0.25, -0.2) is 0 Å². The van der Waals surface area contributed by atoms with Gasteiger partial charge in [0, 0.05) is 19.6 Å². The fraction of sp³-hybridized carbons (Fsp3) is 0.700. The number of likely N-dealkylation sites (tertiary alicyclic amines) is 1. The maximum absolute atomic E-state index is 6.31. The van der Waals surface area contributed by atoms with Gasteiger partial charge < -0.3 is 14.4 Å². The van der Waals surface area contributed by atoms with Gasteiger partial charge in [-0.05, 0) is 44.2 Å². The predicted molar refractivity (Wildman–Crippen MR) is 94.0 cm³/mol. The van der Waals surface area contributed by atoms with Crippen LogP contribution < -0.4 is 4.74 Å². The number of ether oxygens (including phenoxy) is 2. The minimum absolute atomic E-state index is 0.509. The summed E-state index contributed by atoms with van der Waals surface area (Å²) in [7, 11) is 0. The first kappa shape index (κ1) is 16.8. The fourth-order valence-electron chi connectivity index (χ4n) is 3.74. The van der Waals surface area contributed by atoms with Gasteiger partial charge in [0.15, 0.2) is 0 Å². The quantitative estimate of drug-likeness (QED) is 0.701. The third-order valence-corrected chi connectivity index (χ3v) is 5.10. The van der Waals surface area contributed by atoms with Crippen molar-refractivity contribution in [3.8, 4) is 5.75 Å². The number of rotatable bonds is 7. The Balaban J connectivity index is 1.26. The van der Waals surface area contributed by atoms with Crippen LogP contribution >= 0.6 is 0 Å². The number of benzene rings is 1. The zero-order valence-electron chi connectivity index (χ0n) is 14.3. The van der Waals surface area contributed by atoms with E-state index in [-0.39, 0.29) is 0 Å². The van der Waals surface area contributed by atoms with Gasteiger partial charge >= 0.3 is 0 Å². The highest BCUT2D eigenvalue weighted by atomic mass is 16.5. The van der Waals surface area contributed by atoms with Crippen LogP contribution in [0.5, 0.6) is 5.75 Å². The van der Waals surface area contributed by atoms with E-state index in [0.29, 0.717) is 12.2 Å². The van der Waals surface area contributed by atoms with Crippen molar-refractivity contribution in [1.82, 2.24) is 4.90 Å². The second-order valence-electron chi connectivity index (χ2n) is 6.95. The molecule has 128 valence electrons. The van der Waals surface area contributed by atoms with Crippen molar-refractivity contribution in [2.45, 2.75) is 63.6 Å². The van der Waals surface area contributed by atoms with E-state index < -0.39 is 0 Å². The molecule has 0 radical (unpaired) electrons. The molecule has 0 unspecified atom stereocenters. The predicted octanol–water partition coefficient (Wildman–Crippen LogP) is 4.27. The van der Waals surface area contributed by atoms with Gasteiger partial charge in [-0.15, -0.1) is 0 Å². The smallest absolute Gasteiger partial charge is 0.119 e. The molecule has 1 heterocycles. The third kappa shape index (κ3) is 5.82. The van der Waals surface area contributed by atoms with Crippen molar-refractivity contribution >= 4 is 0 Å². The topological polar surface area (TPSA) is 21.7 Å². The number of nitrogens with zero attached hydrogens (tertiary/aromatic N) is 1. The van der Waals surface area contributed by atoms with E-state index in [1.165, 1.54) is 58.0 Å². The molecule has 3 heteroatoms. The molecule has 0 atom stereocenters. The van der Waals surface area contributed by atoms with Crippen LogP contribution in [-0.4, -0.2) is 43.3 Å². The Morgan fingerprint density at radius 3 is 2.30 bits per heavy atom. The van der Waals surface area contributed by atoms with E-state index in [0.717, 1.165) is 25.3 Å². The molecule has 0 spiro atoms. The van der Waals surface area contributed by atoms with Gasteiger partial charge in [0.2, 0.25) is 0 Å². The maximum Gasteiger partial charge on any atom is 0.119 e. The van der Waals surface area contributed by atoms with Gasteiger partial charge in [-0.3, -0.25) is 0 Å². The van der Waals surface area contributed by atoms with Crippen molar-refractivity contribution in [3.63, 3.8) is 0 Å². The van der Waals surface area contributed by atoms with E-state index in [1.54, 1.807) is 0 Å². The van der Waals surface area contributed by atoms with Crippen LogP contribution in [-0.2, 0) is 4.74 Å². The Hall–Kier alpha value is -1.06. The zero-order valence-corrected chi connectivity index (χ0v) is 14.3. The highest BCUT2D eigenvalue weighted by molar-refractivity contribution is 5.20. The summed E-state index contributed by atoms with van der Waals surface area (Å²) in [5.74, 6) is 0.979. The van der Waals surface area contributed by atoms with Crippen molar-refractivity contribution in [2.75, 3.05) is 26.2 Å². The summed E-state index contributed by atoms with van der Waals surface area (Å²) in [4.78, 5) is 2.56. The van der Waals surface area contributed by atoms with Crippen LogP contribution in [0.1, 0.15) is 51.4 Å². The number of hydrogen-bond donors (Lipinski definition) is 0. The van der Waals surface area contributed by atoms with Crippen LogP contribution in [0.3, 0.4) is 0 Å². The SMILES string of the molecule is c1ccc(OCCCN2CCC(OC3CCCCC3)CC2)cc1. The van der Waals surface area contributed by atoms with E-state index in [9.17, 15) is 0 Å². The first-order valence-electron chi connectivity index (χ1n) is 9.46. The molecule has 1 saturated heterocycles. The average Bonchev–Trinajstić information content (AvgIpc) is 2.62. The lowest BCUT2D eigenvalue weighted by molar-refractivity contribution is -0.0559. The second kappa shape index (κ2) is 9.29. The first-order chi connectivity index (χ1) is 11.4. The minimum Gasteiger partial charge on any atom is -0.494 e. The number of hydrogen-bond acceptors (Lipinski definition) is 3. The third-order valence-electron chi connectivity index (χ3n) is 5.10. The summed E-state index contributed by atoms with van der Waals surface area (Å²) < 4.78 is 12.1. The molecule has 2 aliphatic rings. The Kier molecular flexibility index (Phi) is 6.78. The van der Waals surface area contributed by atoms with Crippen molar-refractivity contribution in [3.05, 3.63) is 30.3 Å². The Bertz CT molecular complexity index is 423. The van der Waals surface area contributed by atoms with Crippen LogP contribution in [0.4, 0.5) is 0 Å². The highest BCUT2D eigenvalue weighted by Gasteiger charge is 2.23. The summed E-state index contributed by atoms with van der Waals surface area (Å²) in [5.41, 5.74) is 0. The molecule has 0 N–H and O–H groups in total. The van der Waals surface area contributed by atoms with Crippen molar-refractivity contribution in [1.29, 1.82) is 0 Å². The zero-order chi connectivity index (χ0) is 15.7. The molecule has 1 aromatic carbocycles. The van der Waals surface area contributed by atoms with E-state index in [4.69, 9.17) is 9.47 Å². The lowest BCUT2D eigenvalue weighted by Gasteiger charge is -2.34. The highest BCUT2D eigenvalue weighted by Crippen LogP contribution is 2.24. The molecular weight excluding hydrogens is 286 g/mol. The van der Waals surface area contributed by atoms with Gasteiger partial charge in [0.1, 0.15) is 5.75 Å².